The van der Waals surface area contributed by atoms with Crippen LogP contribution in [-0.2, 0) is 6.42 Å². The molecule has 1 nitrogen and oxygen atoms in total. The average Bonchev–Trinajstić information content (AvgIpc) is 2.53. The summed E-state index contributed by atoms with van der Waals surface area (Å²) >= 11 is 0. The third-order valence-electron chi connectivity index (χ3n) is 4.14. The van der Waals surface area contributed by atoms with Crippen molar-refractivity contribution in [3.63, 3.8) is 0 Å². The van der Waals surface area contributed by atoms with E-state index >= 15 is 0 Å². The molecule has 2 rings (SSSR count). The average molecular weight is 281 g/mol. The number of nitrogens with one attached hydrogen (secondary N) is 1. The van der Waals surface area contributed by atoms with Crippen LogP contribution in [0.4, 0.5) is 0 Å². The molecule has 0 aliphatic rings. The first-order chi connectivity index (χ1) is 10.2. The zero-order valence-corrected chi connectivity index (χ0v) is 13.4. The molecule has 0 radical (unpaired) electrons. The van der Waals surface area contributed by atoms with E-state index in [1.165, 1.54) is 11.1 Å². The Labute approximate surface area is 129 Å². The van der Waals surface area contributed by atoms with Gasteiger partial charge in [-0.3, -0.25) is 0 Å². The summed E-state index contributed by atoms with van der Waals surface area (Å²) in [5.74, 6) is 0.650. The van der Waals surface area contributed by atoms with Crippen LogP contribution in [0.1, 0.15) is 44.4 Å². The van der Waals surface area contributed by atoms with Crippen molar-refractivity contribution in [2.45, 2.75) is 45.7 Å². The van der Waals surface area contributed by atoms with E-state index in [2.05, 4.69) is 86.8 Å². The standard InChI is InChI=1S/C20H27N/c1-4-19(16(2)3)21-20(18-13-9-6-10-14-18)15-17-11-7-5-8-12-17/h5-14,16,19-21H,4,15H2,1-3H3. The second-order valence-electron chi connectivity index (χ2n) is 6.08. The van der Waals surface area contributed by atoms with Gasteiger partial charge < -0.3 is 5.32 Å². The Kier molecular flexibility index (Phi) is 6.01. The van der Waals surface area contributed by atoms with Gasteiger partial charge in [-0.1, -0.05) is 81.4 Å². The molecule has 1 heteroatoms. The molecule has 21 heavy (non-hydrogen) atoms. The van der Waals surface area contributed by atoms with E-state index in [4.69, 9.17) is 0 Å². The van der Waals surface area contributed by atoms with Crippen LogP contribution in [0.2, 0.25) is 0 Å². The lowest BCUT2D eigenvalue weighted by Crippen LogP contribution is -2.37. The van der Waals surface area contributed by atoms with Gasteiger partial charge in [0.1, 0.15) is 0 Å². The molecule has 0 aliphatic carbocycles. The summed E-state index contributed by atoms with van der Waals surface area (Å²) < 4.78 is 0. The summed E-state index contributed by atoms with van der Waals surface area (Å²) in [4.78, 5) is 0. The fourth-order valence-corrected chi connectivity index (χ4v) is 2.85. The van der Waals surface area contributed by atoms with Gasteiger partial charge in [-0.2, -0.15) is 0 Å². The van der Waals surface area contributed by atoms with Gasteiger partial charge in [0.05, 0.1) is 0 Å². The molecular weight excluding hydrogens is 254 g/mol. The monoisotopic (exact) mass is 281 g/mol. The van der Waals surface area contributed by atoms with E-state index in [1.54, 1.807) is 0 Å². The van der Waals surface area contributed by atoms with Crippen molar-refractivity contribution in [1.82, 2.24) is 5.32 Å². The minimum atomic E-state index is 0.376. The van der Waals surface area contributed by atoms with Crippen molar-refractivity contribution in [1.29, 1.82) is 0 Å². The molecule has 0 saturated carbocycles. The summed E-state index contributed by atoms with van der Waals surface area (Å²) in [5, 5.41) is 3.87. The lowest BCUT2D eigenvalue weighted by Gasteiger charge is -2.28. The van der Waals surface area contributed by atoms with Crippen molar-refractivity contribution in [2.24, 2.45) is 5.92 Å². The van der Waals surface area contributed by atoms with E-state index in [-0.39, 0.29) is 0 Å². The maximum atomic E-state index is 3.87. The van der Waals surface area contributed by atoms with Crippen molar-refractivity contribution < 1.29 is 0 Å². The second-order valence-corrected chi connectivity index (χ2v) is 6.08. The van der Waals surface area contributed by atoms with Crippen LogP contribution in [0.3, 0.4) is 0 Å². The Morgan fingerprint density at radius 2 is 1.43 bits per heavy atom. The Hall–Kier alpha value is -1.60. The molecule has 0 amide bonds. The van der Waals surface area contributed by atoms with Crippen LogP contribution in [0, 0.1) is 5.92 Å². The Morgan fingerprint density at radius 3 is 1.95 bits per heavy atom. The molecule has 0 fully saturated rings. The van der Waals surface area contributed by atoms with Gasteiger partial charge in [0.2, 0.25) is 0 Å². The minimum Gasteiger partial charge on any atom is -0.307 e. The Morgan fingerprint density at radius 1 is 0.857 bits per heavy atom. The van der Waals surface area contributed by atoms with E-state index < -0.39 is 0 Å². The molecule has 2 aromatic carbocycles. The fourth-order valence-electron chi connectivity index (χ4n) is 2.85. The third kappa shape index (κ3) is 4.71. The minimum absolute atomic E-state index is 0.376. The number of hydrogen-bond acceptors (Lipinski definition) is 1. The third-order valence-corrected chi connectivity index (χ3v) is 4.14. The van der Waals surface area contributed by atoms with E-state index in [0.717, 1.165) is 12.8 Å². The lowest BCUT2D eigenvalue weighted by atomic mass is 9.94. The number of hydrogen-bond donors (Lipinski definition) is 1. The maximum absolute atomic E-state index is 3.87. The molecule has 2 aromatic rings. The Balaban J connectivity index is 2.18. The van der Waals surface area contributed by atoms with Crippen LogP contribution in [-0.4, -0.2) is 6.04 Å². The van der Waals surface area contributed by atoms with Crippen LogP contribution >= 0.6 is 0 Å². The molecule has 0 saturated heterocycles. The molecule has 0 bridgehead atoms. The van der Waals surface area contributed by atoms with Crippen LogP contribution < -0.4 is 5.32 Å². The first-order valence-corrected chi connectivity index (χ1v) is 8.05. The summed E-state index contributed by atoms with van der Waals surface area (Å²) in [6.07, 6.45) is 2.20. The van der Waals surface area contributed by atoms with Gasteiger partial charge in [0, 0.05) is 12.1 Å². The summed E-state index contributed by atoms with van der Waals surface area (Å²) in [6, 6.07) is 22.5. The largest absolute Gasteiger partial charge is 0.307 e. The Bertz CT molecular complexity index is 504. The van der Waals surface area contributed by atoms with E-state index in [1.807, 2.05) is 0 Å². The van der Waals surface area contributed by atoms with Crippen molar-refractivity contribution in [3.05, 3.63) is 71.8 Å². The zero-order valence-electron chi connectivity index (χ0n) is 13.4. The highest BCUT2D eigenvalue weighted by molar-refractivity contribution is 5.24. The van der Waals surface area contributed by atoms with Gasteiger partial charge >= 0.3 is 0 Å². The molecule has 2 unspecified atom stereocenters. The highest BCUT2D eigenvalue weighted by Gasteiger charge is 2.18. The van der Waals surface area contributed by atoms with Crippen LogP contribution in [0.5, 0.6) is 0 Å². The quantitative estimate of drug-likeness (QED) is 0.753. The molecule has 0 aliphatic heterocycles. The second kappa shape index (κ2) is 7.99. The van der Waals surface area contributed by atoms with Crippen molar-refractivity contribution in [3.8, 4) is 0 Å². The molecule has 0 spiro atoms. The molecule has 0 heterocycles. The zero-order chi connectivity index (χ0) is 15.1. The summed E-state index contributed by atoms with van der Waals surface area (Å²) in [5.41, 5.74) is 2.76. The normalized spacial score (nSPS) is 14.1. The van der Waals surface area contributed by atoms with Crippen LogP contribution in [0.25, 0.3) is 0 Å². The topological polar surface area (TPSA) is 12.0 Å². The van der Waals surface area contributed by atoms with Crippen molar-refractivity contribution >= 4 is 0 Å². The van der Waals surface area contributed by atoms with Crippen molar-refractivity contribution in [2.75, 3.05) is 0 Å². The van der Waals surface area contributed by atoms with Gasteiger partial charge in [-0.25, -0.2) is 0 Å². The summed E-state index contributed by atoms with van der Waals surface area (Å²) in [6.45, 7) is 6.86. The number of rotatable bonds is 7. The number of benzene rings is 2. The van der Waals surface area contributed by atoms with Gasteiger partial charge in [0.25, 0.3) is 0 Å². The van der Waals surface area contributed by atoms with Gasteiger partial charge in [-0.15, -0.1) is 0 Å². The molecule has 1 N–H and O–H groups in total. The molecule has 0 aromatic heterocycles. The SMILES string of the molecule is CCC(NC(Cc1ccccc1)c1ccccc1)C(C)C. The highest BCUT2D eigenvalue weighted by atomic mass is 15.0. The van der Waals surface area contributed by atoms with E-state index in [0.29, 0.717) is 18.0 Å². The smallest absolute Gasteiger partial charge is 0.0363 e. The first-order valence-electron chi connectivity index (χ1n) is 8.05. The lowest BCUT2D eigenvalue weighted by molar-refractivity contribution is 0.344. The molecule has 2 atom stereocenters. The predicted octanol–water partition coefficient (Wildman–Crippen LogP) is 4.99. The fraction of sp³-hybridized carbons (Fsp3) is 0.400. The highest BCUT2D eigenvalue weighted by Crippen LogP contribution is 2.21. The van der Waals surface area contributed by atoms with Gasteiger partial charge in [-0.05, 0) is 29.9 Å². The summed E-state index contributed by atoms with van der Waals surface area (Å²) in [7, 11) is 0. The van der Waals surface area contributed by atoms with E-state index in [9.17, 15) is 0 Å². The maximum Gasteiger partial charge on any atom is 0.0363 e. The van der Waals surface area contributed by atoms with Crippen LogP contribution in [0.15, 0.2) is 60.7 Å². The molecule has 112 valence electrons. The van der Waals surface area contributed by atoms with Gasteiger partial charge in [0.15, 0.2) is 0 Å². The first kappa shape index (κ1) is 15.8. The molecular formula is C20H27N. The predicted molar refractivity (Wildman–Crippen MR) is 91.4 cm³/mol.